The number of amides is 2. The van der Waals surface area contributed by atoms with Crippen LogP contribution in [0, 0.1) is 6.92 Å². The summed E-state index contributed by atoms with van der Waals surface area (Å²) < 4.78 is 39.4. The van der Waals surface area contributed by atoms with Gasteiger partial charge in [-0.15, -0.1) is 11.3 Å². The summed E-state index contributed by atoms with van der Waals surface area (Å²) in [6.07, 6.45) is -5.81. The number of carbonyl (C=O) groups excluding carboxylic acids is 2. The Hall–Kier alpha value is -1.77. The van der Waals surface area contributed by atoms with Gasteiger partial charge in [0.1, 0.15) is 0 Å². The molecular formula is C13H17F3N2O3S. The first-order valence-corrected chi connectivity index (χ1v) is 7.32. The molecule has 0 aliphatic carbocycles. The topological polar surface area (TPSA) is 67.4 Å². The maximum absolute atomic E-state index is 11.8. The van der Waals surface area contributed by atoms with Crippen molar-refractivity contribution in [1.82, 2.24) is 10.6 Å². The largest absolute Gasteiger partial charge is 0.440 e. The van der Waals surface area contributed by atoms with Gasteiger partial charge in [0.25, 0.3) is 0 Å². The summed E-state index contributed by atoms with van der Waals surface area (Å²) in [5.74, 6) is -0.310. The molecule has 0 radical (unpaired) electrons. The van der Waals surface area contributed by atoms with Gasteiger partial charge in [-0.05, 0) is 26.0 Å². The second kappa shape index (κ2) is 8.02. The van der Waals surface area contributed by atoms with E-state index < -0.39 is 18.9 Å². The van der Waals surface area contributed by atoms with Crippen LogP contribution >= 0.6 is 11.3 Å². The Morgan fingerprint density at radius 3 is 2.59 bits per heavy atom. The number of alkyl halides is 3. The molecular weight excluding hydrogens is 321 g/mol. The number of ether oxygens (including phenoxy) is 1. The van der Waals surface area contributed by atoms with E-state index in [2.05, 4.69) is 15.4 Å². The van der Waals surface area contributed by atoms with Crippen LogP contribution in [0.25, 0.3) is 0 Å². The summed E-state index contributed by atoms with van der Waals surface area (Å²) in [5, 5.41) is 4.82. The predicted molar refractivity (Wildman–Crippen MR) is 75.6 cm³/mol. The maximum Gasteiger partial charge on any atom is 0.422 e. The molecule has 0 bridgehead atoms. The monoisotopic (exact) mass is 338 g/mol. The molecule has 1 heterocycles. The highest BCUT2D eigenvalue weighted by Crippen LogP contribution is 2.22. The number of alkyl carbamates (subject to hydrolysis) is 1. The Morgan fingerprint density at radius 1 is 1.36 bits per heavy atom. The summed E-state index contributed by atoms with van der Waals surface area (Å²) >= 11 is 1.56. The van der Waals surface area contributed by atoms with Gasteiger partial charge in [-0.3, -0.25) is 4.79 Å². The van der Waals surface area contributed by atoms with Crippen molar-refractivity contribution >= 4 is 23.3 Å². The van der Waals surface area contributed by atoms with Crippen LogP contribution in [0.2, 0.25) is 0 Å². The van der Waals surface area contributed by atoms with E-state index in [-0.39, 0.29) is 24.9 Å². The molecule has 0 aromatic carbocycles. The van der Waals surface area contributed by atoms with Crippen LogP contribution in [0.15, 0.2) is 12.1 Å². The van der Waals surface area contributed by atoms with Crippen LogP contribution in [0.3, 0.4) is 0 Å². The van der Waals surface area contributed by atoms with Gasteiger partial charge >= 0.3 is 12.3 Å². The fraction of sp³-hybridized carbons (Fsp3) is 0.538. The SMILES string of the molecule is Cc1ccc([C@H](C)NC(=O)CCNC(=O)OCC(F)(F)F)s1. The van der Waals surface area contributed by atoms with Crippen molar-refractivity contribution < 1.29 is 27.5 Å². The van der Waals surface area contributed by atoms with Crippen molar-refractivity contribution in [2.75, 3.05) is 13.2 Å². The van der Waals surface area contributed by atoms with Crippen LogP contribution in [0.5, 0.6) is 0 Å². The van der Waals surface area contributed by atoms with Crippen molar-refractivity contribution in [2.24, 2.45) is 0 Å². The number of hydrogen-bond donors (Lipinski definition) is 2. The van der Waals surface area contributed by atoms with E-state index in [9.17, 15) is 22.8 Å². The van der Waals surface area contributed by atoms with Crippen LogP contribution in [-0.4, -0.2) is 31.3 Å². The van der Waals surface area contributed by atoms with Gasteiger partial charge in [0, 0.05) is 22.7 Å². The lowest BCUT2D eigenvalue weighted by molar-refractivity contribution is -0.160. The summed E-state index contributed by atoms with van der Waals surface area (Å²) in [6, 6.07) is 3.70. The highest BCUT2D eigenvalue weighted by Gasteiger charge is 2.29. The third-order valence-corrected chi connectivity index (χ3v) is 3.74. The molecule has 1 atom stereocenters. The van der Waals surface area contributed by atoms with Crippen LogP contribution < -0.4 is 10.6 Å². The van der Waals surface area contributed by atoms with Crippen molar-refractivity contribution in [3.05, 3.63) is 21.9 Å². The van der Waals surface area contributed by atoms with Crippen LogP contribution in [-0.2, 0) is 9.53 Å². The lowest BCUT2D eigenvalue weighted by Gasteiger charge is -2.12. The van der Waals surface area contributed by atoms with E-state index in [4.69, 9.17) is 0 Å². The fourth-order valence-corrected chi connectivity index (χ4v) is 2.43. The molecule has 22 heavy (non-hydrogen) atoms. The summed E-state index contributed by atoms with van der Waals surface area (Å²) in [7, 11) is 0. The molecule has 0 unspecified atom stereocenters. The molecule has 0 saturated carbocycles. The van der Waals surface area contributed by atoms with E-state index in [1.807, 2.05) is 26.0 Å². The molecule has 0 spiro atoms. The molecule has 1 rings (SSSR count). The second-order valence-electron chi connectivity index (χ2n) is 4.61. The molecule has 0 fully saturated rings. The Balaban J connectivity index is 2.22. The number of carbonyl (C=O) groups is 2. The molecule has 0 saturated heterocycles. The fourth-order valence-electron chi connectivity index (χ4n) is 1.55. The van der Waals surface area contributed by atoms with Crippen molar-refractivity contribution in [3.63, 3.8) is 0 Å². The molecule has 0 aliphatic heterocycles. The van der Waals surface area contributed by atoms with Gasteiger partial charge in [0.15, 0.2) is 6.61 Å². The number of aryl methyl sites for hydroxylation is 1. The lowest BCUT2D eigenvalue weighted by atomic mass is 10.2. The number of hydrogen-bond acceptors (Lipinski definition) is 4. The molecule has 5 nitrogen and oxygen atoms in total. The van der Waals surface area contributed by atoms with Crippen LogP contribution in [0.1, 0.15) is 29.1 Å². The second-order valence-corrected chi connectivity index (χ2v) is 5.93. The van der Waals surface area contributed by atoms with Gasteiger partial charge in [0.2, 0.25) is 5.91 Å². The lowest BCUT2D eigenvalue weighted by Crippen LogP contribution is -2.33. The Morgan fingerprint density at radius 2 is 2.05 bits per heavy atom. The summed E-state index contributed by atoms with van der Waals surface area (Å²) in [5.41, 5.74) is 0. The van der Waals surface area contributed by atoms with Crippen molar-refractivity contribution in [2.45, 2.75) is 32.5 Å². The van der Waals surface area contributed by atoms with E-state index in [0.29, 0.717) is 0 Å². The number of rotatable bonds is 6. The molecule has 9 heteroatoms. The highest BCUT2D eigenvalue weighted by atomic mass is 32.1. The van der Waals surface area contributed by atoms with Crippen molar-refractivity contribution in [1.29, 1.82) is 0 Å². The average Bonchev–Trinajstić information content (AvgIpc) is 2.82. The molecule has 2 amide bonds. The minimum atomic E-state index is -4.57. The molecule has 1 aromatic rings. The Labute approximate surface area is 129 Å². The number of thiophene rings is 1. The molecule has 0 aliphatic rings. The Bertz CT molecular complexity index is 517. The standard InChI is InChI=1S/C13H17F3N2O3S/c1-8-3-4-10(22-8)9(2)18-11(19)5-6-17-12(20)21-7-13(14,15)16/h3-4,9H,5-7H2,1-2H3,(H,17,20)(H,18,19)/t9-/m0/s1. The summed E-state index contributed by atoms with van der Waals surface area (Å²) in [4.78, 5) is 24.7. The first-order valence-electron chi connectivity index (χ1n) is 6.50. The van der Waals surface area contributed by atoms with Gasteiger partial charge in [0.05, 0.1) is 6.04 Å². The molecule has 2 N–H and O–H groups in total. The number of halogens is 3. The maximum atomic E-state index is 11.8. The normalized spacial score (nSPS) is 12.6. The summed E-state index contributed by atoms with van der Waals surface area (Å²) in [6.45, 7) is 2.03. The van der Waals surface area contributed by atoms with Crippen LogP contribution in [0.4, 0.5) is 18.0 Å². The van der Waals surface area contributed by atoms with Gasteiger partial charge in [-0.25, -0.2) is 4.79 Å². The third-order valence-electron chi connectivity index (χ3n) is 2.55. The zero-order valence-corrected chi connectivity index (χ0v) is 12.9. The molecule has 124 valence electrons. The minimum absolute atomic E-state index is 0.0458. The van der Waals surface area contributed by atoms with E-state index in [1.165, 1.54) is 0 Å². The number of nitrogens with one attached hydrogen (secondary N) is 2. The predicted octanol–water partition coefficient (Wildman–Crippen LogP) is 2.91. The van der Waals surface area contributed by atoms with Crippen molar-refractivity contribution in [3.8, 4) is 0 Å². The highest BCUT2D eigenvalue weighted by molar-refractivity contribution is 7.12. The smallest absolute Gasteiger partial charge is 0.422 e. The van der Waals surface area contributed by atoms with E-state index in [1.54, 1.807) is 11.3 Å². The quantitative estimate of drug-likeness (QED) is 0.838. The third kappa shape index (κ3) is 7.30. The molecule has 1 aromatic heterocycles. The first-order chi connectivity index (χ1) is 10.2. The zero-order valence-electron chi connectivity index (χ0n) is 12.1. The average molecular weight is 338 g/mol. The van der Waals surface area contributed by atoms with Gasteiger partial charge in [-0.1, -0.05) is 0 Å². The van der Waals surface area contributed by atoms with Gasteiger partial charge < -0.3 is 15.4 Å². The zero-order chi connectivity index (χ0) is 16.8. The Kier molecular flexibility index (Phi) is 6.66. The minimum Gasteiger partial charge on any atom is -0.440 e. The van der Waals surface area contributed by atoms with E-state index >= 15 is 0 Å². The van der Waals surface area contributed by atoms with E-state index in [0.717, 1.165) is 9.75 Å². The first kappa shape index (κ1) is 18.3. The van der Waals surface area contributed by atoms with Gasteiger partial charge in [-0.2, -0.15) is 13.2 Å².